The number of aromatic nitrogens is 4. The van der Waals surface area contributed by atoms with Gasteiger partial charge in [-0.2, -0.15) is 0 Å². The molecular formula is C25H25N5O3S2. The summed E-state index contributed by atoms with van der Waals surface area (Å²) in [6.45, 7) is 1.60. The van der Waals surface area contributed by atoms with Gasteiger partial charge in [0, 0.05) is 45.0 Å². The number of aliphatic hydroxyl groups excluding tert-OH is 2. The van der Waals surface area contributed by atoms with Crippen molar-refractivity contribution in [2.24, 2.45) is 0 Å². The zero-order valence-electron chi connectivity index (χ0n) is 19.1. The lowest BCUT2D eigenvalue weighted by molar-refractivity contribution is 0.0928. The van der Waals surface area contributed by atoms with Crippen molar-refractivity contribution >= 4 is 34.0 Å². The van der Waals surface area contributed by atoms with E-state index in [9.17, 15) is 10.2 Å². The lowest BCUT2D eigenvalue weighted by Crippen LogP contribution is -2.17. The fourth-order valence-electron chi connectivity index (χ4n) is 3.90. The fourth-order valence-corrected chi connectivity index (χ4v) is 5.53. The van der Waals surface area contributed by atoms with Crippen molar-refractivity contribution in [1.29, 1.82) is 0 Å². The third-order valence-corrected chi connectivity index (χ3v) is 7.58. The lowest BCUT2D eigenvalue weighted by Gasteiger charge is -2.26. The molecule has 0 saturated heterocycles. The van der Waals surface area contributed by atoms with Crippen LogP contribution in [0.15, 0.2) is 64.1 Å². The minimum absolute atomic E-state index is 0.127. The third-order valence-electron chi connectivity index (χ3n) is 5.70. The molecule has 0 fully saturated rings. The van der Waals surface area contributed by atoms with Crippen LogP contribution >= 0.6 is 23.1 Å². The van der Waals surface area contributed by atoms with Crippen LogP contribution in [0.2, 0.25) is 0 Å². The smallest absolute Gasteiger partial charge is 0.188 e. The number of hydrogen-bond donors (Lipinski definition) is 3. The summed E-state index contributed by atoms with van der Waals surface area (Å²) in [5.41, 5.74) is 3.54. The maximum Gasteiger partial charge on any atom is 0.188 e. The number of aryl methyl sites for hydroxylation is 2. The summed E-state index contributed by atoms with van der Waals surface area (Å²) in [7, 11) is 0. The molecule has 0 aromatic carbocycles. The lowest BCUT2D eigenvalue weighted by atomic mass is 9.93. The Morgan fingerprint density at radius 1 is 1.23 bits per heavy atom. The highest BCUT2D eigenvalue weighted by Crippen LogP contribution is 2.39. The number of ether oxygens (including phenoxy) is 1. The van der Waals surface area contributed by atoms with Crippen LogP contribution < -0.4 is 10.1 Å². The zero-order valence-corrected chi connectivity index (χ0v) is 20.7. The Bertz CT molecular complexity index is 1320. The minimum atomic E-state index is -1.02. The van der Waals surface area contributed by atoms with Crippen LogP contribution in [0.5, 0.6) is 5.75 Å². The molecular weight excluding hydrogens is 482 g/mol. The second kappa shape index (κ2) is 10.7. The van der Waals surface area contributed by atoms with Crippen molar-refractivity contribution < 1.29 is 14.9 Å². The van der Waals surface area contributed by atoms with Crippen molar-refractivity contribution in [1.82, 2.24) is 19.9 Å². The number of aliphatic hydroxyl groups is 2. The average molecular weight is 508 g/mol. The Morgan fingerprint density at radius 2 is 2.09 bits per heavy atom. The zero-order chi connectivity index (χ0) is 24.2. The van der Waals surface area contributed by atoms with Crippen LogP contribution in [0.25, 0.3) is 0 Å². The van der Waals surface area contributed by atoms with Gasteiger partial charge in [0.1, 0.15) is 12.2 Å². The predicted octanol–water partition coefficient (Wildman–Crippen LogP) is 5.01. The molecule has 2 unspecified atom stereocenters. The first-order chi connectivity index (χ1) is 17.1. The summed E-state index contributed by atoms with van der Waals surface area (Å²) in [6.07, 6.45) is 7.10. The number of fused-ring (bicyclic) bond motifs is 1. The van der Waals surface area contributed by atoms with E-state index in [1.807, 2.05) is 37.4 Å². The van der Waals surface area contributed by atoms with E-state index in [0.717, 1.165) is 46.0 Å². The number of rotatable bonds is 8. The van der Waals surface area contributed by atoms with Gasteiger partial charge in [0.2, 0.25) is 0 Å². The molecule has 0 radical (unpaired) electrons. The Hall–Kier alpha value is -3.05. The molecule has 0 bridgehead atoms. The largest absolute Gasteiger partial charge is 0.482 e. The van der Waals surface area contributed by atoms with Gasteiger partial charge in [0.25, 0.3) is 0 Å². The first-order valence-corrected chi connectivity index (χ1v) is 13.0. The van der Waals surface area contributed by atoms with Gasteiger partial charge >= 0.3 is 0 Å². The molecule has 4 aromatic heterocycles. The highest BCUT2D eigenvalue weighted by molar-refractivity contribution is 7.99. The molecule has 1 aliphatic carbocycles. The highest BCUT2D eigenvalue weighted by atomic mass is 32.2. The molecule has 10 heteroatoms. The van der Waals surface area contributed by atoms with E-state index in [1.165, 1.54) is 11.3 Å². The van der Waals surface area contributed by atoms with Crippen LogP contribution in [-0.4, -0.2) is 36.8 Å². The van der Waals surface area contributed by atoms with Gasteiger partial charge in [-0.1, -0.05) is 17.8 Å². The van der Waals surface area contributed by atoms with E-state index < -0.39 is 6.10 Å². The minimum Gasteiger partial charge on any atom is -0.482 e. The number of thiazole rings is 1. The molecule has 0 amide bonds. The van der Waals surface area contributed by atoms with E-state index in [1.54, 1.807) is 29.5 Å². The van der Waals surface area contributed by atoms with Crippen LogP contribution in [-0.2, 0) is 6.42 Å². The van der Waals surface area contributed by atoms with Crippen LogP contribution in [0, 0.1) is 6.92 Å². The average Bonchev–Trinajstić information content (AvgIpc) is 3.35. The summed E-state index contributed by atoms with van der Waals surface area (Å²) in [5.74, 6) is 1.14. The Morgan fingerprint density at radius 3 is 2.94 bits per heavy atom. The van der Waals surface area contributed by atoms with Crippen molar-refractivity contribution in [3.8, 4) is 5.75 Å². The summed E-state index contributed by atoms with van der Waals surface area (Å²) in [6, 6.07) is 9.95. The maximum absolute atomic E-state index is 9.88. The molecule has 0 aliphatic heterocycles. The second-order valence-electron chi connectivity index (χ2n) is 8.15. The normalized spacial score (nSPS) is 15.9. The van der Waals surface area contributed by atoms with Crippen LogP contribution in [0.3, 0.4) is 0 Å². The monoisotopic (exact) mass is 507 g/mol. The number of hydrogen-bond acceptors (Lipinski definition) is 10. The van der Waals surface area contributed by atoms with Gasteiger partial charge in [-0.05, 0) is 50.5 Å². The first-order valence-electron chi connectivity index (χ1n) is 11.3. The molecule has 2 atom stereocenters. The van der Waals surface area contributed by atoms with Gasteiger partial charge in [0.15, 0.2) is 16.7 Å². The van der Waals surface area contributed by atoms with E-state index in [-0.39, 0.29) is 12.7 Å². The summed E-state index contributed by atoms with van der Waals surface area (Å²) >= 11 is 2.91. The van der Waals surface area contributed by atoms with Gasteiger partial charge in [0.05, 0.1) is 18.0 Å². The van der Waals surface area contributed by atoms with E-state index in [2.05, 4.69) is 31.3 Å². The fraction of sp³-hybridized carbons (Fsp3) is 0.280. The Kier molecular flexibility index (Phi) is 7.24. The maximum atomic E-state index is 9.88. The summed E-state index contributed by atoms with van der Waals surface area (Å²) in [5, 5.41) is 24.6. The molecule has 0 saturated carbocycles. The first kappa shape index (κ1) is 23.7. The molecule has 3 N–H and O–H groups in total. The molecule has 5 rings (SSSR count). The van der Waals surface area contributed by atoms with Crippen molar-refractivity contribution in [2.45, 2.75) is 48.2 Å². The Labute approximate surface area is 211 Å². The summed E-state index contributed by atoms with van der Waals surface area (Å²) in [4.78, 5) is 19.9. The van der Waals surface area contributed by atoms with Gasteiger partial charge in [-0.25, -0.2) is 9.97 Å². The molecule has 35 heavy (non-hydrogen) atoms. The number of pyridine rings is 3. The number of anilines is 2. The predicted molar refractivity (Wildman–Crippen MR) is 135 cm³/mol. The van der Waals surface area contributed by atoms with Crippen LogP contribution in [0.4, 0.5) is 10.9 Å². The number of nitrogens with one attached hydrogen (secondary N) is 1. The SMILES string of the molecule is Cc1ncccc1Sc1cnc(Nc2nc(C(O)CO)cs2)c(OC2CCCc3ncccc32)c1. The van der Waals surface area contributed by atoms with Gasteiger partial charge in [-0.15, -0.1) is 11.3 Å². The number of nitrogens with zero attached hydrogens (tertiary/aromatic N) is 4. The topological polar surface area (TPSA) is 113 Å². The van der Waals surface area contributed by atoms with Crippen molar-refractivity contribution in [2.75, 3.05) is 11.9 Å². The standard InChI is InChI=1S/C25H25N5O3S2/c1-15-23(8-4-9-26-15)35-16-11-22(33-21-7-2-6-18-17(21)5-3-10-27-18)24(28-12-16)30-25-29-19(14-34-25)20(32)13-31/h3-5,8-12,14,20-21,31-32H,2,6-7,13H2,1H3,(H,28,29,30). The van der Waals surface area contributed by atoms with E-state index in [0.29, 0.717) is 22.4 Å². The third kappa shape index (κ3) is 5.46. The van der Waals surface area contributed by atoms with Crippen LogP contribution in [0.1, 0.15) is 47.7 Å². The summed E-state index contributed by atoms with van der Waals surface area (Å²) < 4.78 is 6.56. The second-order valence-corrected chi connectivity index (χ2v) is 10.1. The molecule has 180 valence electrons. The molecule has 4 aromatic rings. The van der Waals surface area contributed by atoms with Gasteiger partial charge in [-0.3, -0.25) is 9.97 Å². The van der Waals surface area contributed by atoms with E-state index >= 15 is 0 Å². The molecule has 8 nitrogen and oxygen atoms in total. The molecule has 0 spiro atoms. The van der Waals surface area contributed by atoms with Crippen molar-refractivity contribution in [3.63, 3.8) is 0 Å². The van der Waals surface area contributed by atoms with E-state index in [4.69, 9.17) is 4.74 Å². The molecule has 4 heterocycles. The quantitative estimate of drug-likeness (QED) is 0.303. The molecule has 1 aliphatic rings. The van der Waals surface area contributed by atoms with Gasteiger partial charge < -0.3 is 20.3 Å². The Balaban J connectivity index is 1.46. The highest BCUT2D eigenvalue weighted by Gasteiger charge is 2.24. The van der Waals surface area contributed by atoms with Crippen molar-refractivity contribution in [3.05, 3.63) is 76.9 Å².